The highest BCUT2D eigenvalue weighted by Gasteiger charge is 2.05. The van der Waals surface area contributed by atoms with Gasteiger partial charge in [-0.1, -0.05) is 12.1 Å². The van der Waals surface area contributed by atoms with E-state index in [1.54, 1.807) is 26.4 Å². The number of hydrogen-bond acceptors (Lipinski definition) is 3. The summed E-state index contributed by atoms with van der Waals surface area (Å²) in [5.41, 5.74) is 7.56. The zero-order chi connectivity index (χ0) is 17.5. The largest absolute Gasteiger partial charge is 0.493 e. The summed E-state index contributed by atoms with van der Waals surface area (Å²) < 4.78 is 24.3. The maximum absolute atomic E-state index is 13.4. The molecule has 2 aromatic rings. The van der Waals surface area contributed by atoms with Crippen LogP contribution in [0.25, 0.3) is 0 Å². The monoisotopic (exact) mass is 395 g/mol. The predicted octanol–water partition coefficient (Wildman–Crippen LogP) is 3.21. The Balaban J connectivity index is 1.94. The van der Waals surface area contributed by atoms with E-state index in [1.165, 1.54) is 6.07 Å². The molecular formula is C17H19BrFN3O2. The van der Waals surface area contributed by atoms with Gasteiger partial charge in [-0.2, -0.15) is 0 Å². The van der Waals surface area contributed by atoms with Gasteiger partial charge in [-0.25, -0.2) is 9.38 Å². The van der Waals surface area contributed by atoms with Gasteiger partial charge in [-0.05, 0) is 51.3 Å². The molecule has 128 valence electrons. The standard InChI is InChI=1S/C17H19BrFN3O2/c1-23-15-6-4-12(8-16(15)24-2)10-22-17(20)21-9-11-3-5-13(18)14(19)7-11/h3-8H,9-10H2,1-2H3,(H3,20,21,22). The van der Waals surface area contributed by atoms with E-state index in [2.05, 4.69) is 26.2 Å². The van der Waals surface area contributed by atoms with Crippen molar-refractivity contribution in [2.45, 2.75) is 13.1 Å². The van der Waals surface area contributed by atoms with Crippen molar-refractivity contribution in [3.63, 3.8) is 0 Å². The fourth-order valence-corrected chi connectivity index (χ4v) is 2.30. The first kappa shape index (κ1) is 18.1. The van der Waals surface area contributed by atoms with E-state index in [4.69, 9.17) is 15.2 Å². The van der Waals surface area contributed by atoms with Crippen molar-refractivity contribution < 1.29 is 13.9 Å². The van der Waals surface area contributed by atoms with E-state index in [9.17, 15) is 4.39 Å². The highest BCUT2D eigenvalue weighted by molar-refractivity contribution is 9.10. The lowest BCUT2D eigenvalue weighted by Crippen LogP contribution is -2.31. The van der Waals surface area contributed by atoms with Gasteiger partial charge in [0.15, 0.2) is 17.5 Å². The molecule has 0 saturated heterocycles. The maximum Gasteiger partial charge on any atom is 0.189 e. The summed E-state index contributed by atoms with van der Waals surface area (Å²) in [5.74, 6) is 1.28. The van der Waals surface area contributed by atoms with Gasteiger partial charge in [-0.3, -0.25) is 0 Å². The van der Waals surface area contributed by atoms with E-state index in [0.717, 1.165) is 11.1 Å². The van der Waals surface area contributed by atoms with Crippen LogP contribution in [-0.2, 0) is 13.1 Å². The quantitative estimate of drug-likeness (QED) is 0.581. The maximum atomic E-state index is 13.4. The van der Waals surface area contributed by atoms with E-state index in [0.29, 0.717) is 29.1 Å². The molecule has 0 aromatic heterocycles. The number of nitrogens with one attached hydrogen (secondary N) is 1. The molecule has 3 N–H and O–H groups in total. The minimum absolute atomic E-state index is 0.285. The minimum Gasteiger partial charge on any atom is -0.493 e. The van der Waals surface area contributed by atoms with E-state index in [1.807, 2.05) is 18.2 Å². The third-order valence-electron chi connectivity index (χ3n) is 3.34. The number of benzene rings is 2. The first-order valence-electron chi connectivity index (χ1n) is 7.22. The van der Waals surface area contributed by atoms with Gasteiger partial charge in [0, 0.05) is 6.54 Å². The molecule has 0 aliphatic carbocycles. The molecule has 24 heavy (non-hydrogen) atoms. The molecule has 0 bridgehead atoms. The molecule has 0 aliphatic rings. The second-order valence-corrected chi connectivity index (χ2v) is 5.85. The molecule has 0 aliphatic heterocycles. The molecule has 0 atom stereocenters. The van der Waals surface area contributed by atoms with Crippen molar-refractivity contribution >= 4 is 21.9 Å². The summed E-state index contributed by atoms with van der Waals surface area (Å²) in [6.07, 6.45) is 0. The number of aliphatic imine (C=N–C) groups is 1. The number of rotatable bonds is 6. The van der Waals surface area contributed by atoms with Gasteiger partial charge in [0.1, 0.15) is 5.82 Å². The molecule has 2 aromatic carbocycles. The molecule has 0 radical (unpaired) electrons. The first-order chi connectivity index (χ1) is 11.5. The van der Waals surface area contributed by atoms with Gasteiger partial charge in [0.05, 0.1) is 25.2 Å². The lowest BCUT2D eigenvalue weighted by Gasteiger charge is -2.10. The summed E-state index contributed by atoms with van der Waals surface area (Å²) in [6, 6.07) is 10.5. The van der Waals surface area contributed by atoms with Gasteiger partial charge in [0.2, 0.25) is 0 Å². The molecule has 7 heteroatoms. The smallest absolute Gasteiger partial charge is 0.189 e. The molecule has 0 fully saturated rings. The first-order valence-corrected chi connectivity index (χ1v) is 8.01. The summed E-state index contributed by atoms with van der Waals surface area (Å²) in [6.45, 7) is 0.791. The summed E-state index contributed by atoms with van der Waals surface area (Å²) in [5, 5.41) is 3.01. The predicted molar refractivity (Wildman–Crippen MR) is 95.8 cm³/mol. The highest BCUT2D eigenvalue weighted by Crippen LogP contribution is 2.27. The zero-order valence-corrected chi connectivity index (χ0v) is 15.1. The fraction of sp³-hybridized carbons (Fsp3) is 0.235. The molecule has 0 saturated carbocycles. The van der Waals surface area contributed by atoms with Crippen LogP contribution in [0.15, 0.2) is 45.9 Å². The summed E-state index contributed by atoms with van der Waals surface area (Å²) >= 11 is 3.12. The van der Waals surface area contributed by atoms with Crippen LogP contribution in [-0.4, -0.2) is 20.2 Å². The van der Waals surface area contributed by atoms with Crippen molar-refractivity contribution in [3.8, 4) is 11.5 Å². The summed E-state index contributed by atoms with van der Waals surface area (Å²) in [4.78, 5) is 4.20. The van der Waals surface area contributed by atoms with Crippen LogP contribution in [0, 0.1) is 5.82 Å². The van der Waals surface area contributed by atoms with Crippen LogP contribution in [0.2, 0.25) is 0 Å². The number of nitrogens with two attached hydrogens (primary N) is 1. The fourth-order valence-electron chi connectivity index (χ4n) is 2.05. The van der Waals surface area contributed by atoms with Crippen LogP contribution >= 0.6 is 15.9 Å². The number of ether oxygens (including phenoxy) is 2. The Morgan fingerprint density at radius 1 is 1.12 bits per heavy atom. The van der Waals surface area contributed by atoms with Gasteiger partial charge in [0.25, 0.3) is 0 Å². The molecule has 0 amide bonds. The number of methoxy groups -OCH3 is 2. The lowest BCUT2D eigenvalue weighted by atomic mass is 10.2. The number of guanidine groups is 1. The second-order valence-electron chi connectivity index (χ2n) is 4.99. The molecule has 0 spiro atoms. The van der Waals surface area contributed by atoms with Crippen LogP contribution < -0.4 is 20.5 Å². The average Bonchev–Trinajstić information content (AvgIpc) is 2.60. The van der Waals surface area contributed by atoms with Crippen LogP contribution in [0.3, 0.4) is 0 Å². The van der Waals surface area contributed by atoms with Crippen molar-refractivity contribution in [1.82, 2.24) is 5.32 Å². The van der Waals surface area contributed by atoms with Crippen LogP contribution in [0.1, 0.15) is 11.1 Å². The van der Waals surface area contributed by atoms with E-state index < -0.39 is 0 Å². The second kappa shape index (κ2) is 8.54. The Morgan fingerprint density at radius 3 is 2.50 bits per heavy atom. The Labute approximate surface area is 148 Å². The molecule has 0 unspecified atom stereocenters. The highest BCUT2D eigenvalue weighted by atomic mass is 79.9. The van der Waals surface area contributed by atoms with Crippen LogP contribution in [0.5, 0.6) is 11.5 Å². The van der Waals surface area contributed by atoms with Gasteiger partial charge in [-0.15, -0.1) is 0 Å². The number of halogens is 2. The van der Waals surface area contributed by atoms with E-state index >= 15 is 0 Å². The SMILES string of the molecule is COc1ccc(CNC(N)=NCc2ccc(Br)c(F)c2)cc1OC. The lowest BCUT2D eigenvalue weighted by molar-refractivity contribution is 0.354. The average molecular weight is 396 g/mol. The van der Waals surface area contributed by atoms with E-state index in [-0.39, 0.29) is 11.8 Å². The van der Waals surface area contributed by atoms with Crippen molar-refractivity contribution in [1.29, 1.82) is 0 Å². The van der Waals surface area contributed by atoms with Gasteiger partial charge < -0.3 is 20.5 Å². The van der Waals surface area contributed by atoms with Crippen molar-refractivity contribution in [2.24, 2.45) is 10.7 Å². The summed E-state index contributed by atoms with van der Waals surface area (Å²) in [7, 11) is 3.17. The minimum atomic E-state index is -0.320. The number of nitrogens with zero attached hydrogens (tertiary/aromatic N) is 1. The Kier molecular flexibility index (Phi) is 6.43. The van der Waals surface area contributed by atoms with Crippen LogP contribution in [0.4, 0.5) is 4.39 Å². The Hall–Kier alpha value is -2.28. The van der Waals surface area contributed by atoms with Crippen molar-refractivity contribution in [3.05, 3.63) is 57.8 Å². The molecule has 5 nitrogen and oxygen atoms in total. The van der Waals surface area contributed by atoms with Crippen molar-refractivity contribution in [2.75, 3.05) is 14.2 Å². The molecule has 0 heterocycles. The molecular weight excluding hydrogens is 377 g/mol. The topological polar surface area (TPSA) is 68.9 Å². The van der Waals surface area contributed by atoms with Gasteiger partial charge >= 0.3 is 0 Å². The Morgan fingerprint density at radius 2 is 1.83 bits per heavy atom. The Bertz CT molecular complexity index is 738. The zero-order valence-electron chi connectivity index (χ0n) is 13.5. The third kappa shape index (κ3) is 4.86. The number of hydrogen-bond donors (Lipinski definition) is 2. The normalized spacial score (nSPS) is 11.2. The third-order valence-corrected chi connectivity index (χ3v) is 3.98. The molecule has 2 rings (SSSR count).